The Bertz CT molecular complexity index is 535. The highest BCUT2D eigenvalue weighted by Crippen LogP contribution is 2.26. The summed E-state index contributed by atoms with van der Waals surface area (Å²) in [4.78, 5) is 14.9. The Balaban J connectivity index is 1.79. The minimum absolute atomic E-state index is 0.0525. The maximum atomic E-state index is 12.9. The zero-order valence-electron chi connectivity index (χ0n) is 13.9. The molecule has 22 heavy (non-hydrogen) atoms. The van der Waals surface area contributed by atoms with Crippen LogP contribution in [0.2, 0.25) is 0 Å². The van der Waals surface area contributed by atoms with Gasteiger partial charge in [0.25, 0.3) is 5.91 Å². The highest BCUT2D eigenvalue weighted by Gasteiger charge is 2.32. The van der Waals surface area contributed by atoms with Crippen molar-refractivity contribution >= 4 is 5.91 Å². The molecular formula is C16H27N5O. The minimum Gasteiger partial charge on any atom is -0.334 e. The van der Waals surface area contributed by atoms with E-state index in [1.54, 1.807) is 0 Å². The SMILES string of the molecule is Cc1c(C(=O)N2CCCC(C)C2C)nnn1C1CCNCC1. The molecule has 0 bridgehead atoms. The number of nitrogens with zero attached hydrogens (tertiary/aromatic N) is 4. The van der Waals surface area contributed by atoms with Gasteiger partial charge < -0.3 is 10.2 Å². The molecule has 3 rings (SSSR count). The summed E-state index contributed by atoms with van der Waals surface area (Å²) in [5, 5.41) is 11.9. The minimum atomic E-state index is 0.0525. The lowest BCUT2D eigenvalue weighted by molar-refractivity contribution is 0.0544. The molecule has 1 aromatic heterocycles. The lowest BCUT2D eigenvalue weighted by atomic mass is 9.92. The largest absolute Gasteiger partial charge is 0.334 e. The van der Waals surface area contributed by atoms with E-state index in [4.69, 9.17) is 0 Å². The lowest BCUT2D eigenvalue weighted by Crippen LogP contribution is -2.46. The molecular weight excluding hydrogens is 278 g/mol. The Hall–Kier alpha value is -1.43. The van der Waals surface area contributed by atoms with Crippen molar-refractivity contribution < 1.29 is 4.79 Å². The Morgan fingerprint density at radius 1 is 1.23 bits per heavy atom. The molecule has 0 saturated carbocycles. The number of amides is 1. The number of rotatable bonds is 2. The van der Waals surface area contributed by atoms with Crippen molar-refractivity contribution in [2.75, 3.05) is 19.6 Å². The molecule has 2 fully saturated rings. The van der Waals surface area contributed by atoms with E-state index in [2.05, 4.69) is 29.5 Å². The van der Waals surface area contributed by atoms with Crippen LogP contribution in [0.5, 0.6) is 0 Å². The van der Waals surface area contributed by atoms with Crippen LogP contribution in [0.3, 0.4) is 0 Å². The van der Waals surface area contributed by atoms with Gasteiger partial charge in [0.1, 0.15) is 0 Å². The number of hydrogen-bond donors (Lipinski definition) is 1. The fourth-order valence-corrected chi connectivity index (χ4v) is 3.69. The summed E-state index contributed by atoms with van der Waals surface area (Å²) in [6, 6.07) is 0.651. The fourth-order valence-electron chi connectivity index (χ4n) is 3.69. The molecule has 6 nitrogen and oxygen atoms in total. The quantitative estimate of drug-likeness (QED) is 0.904. The van der Waals surface area contributed by atoms with Crippen LogP contribution in [0.25, 0.3) is 0 Å². The Kier molecular flexibility index (Phi) is 4.47. The second kappa shape index (κ2) is 6.36. The van der Waals surface area contributed by atoms with Gasteiger partial charge in [0.15, 0.2) is 5.69 Å². The van der Waals surface area contributed by atoms with E-state index in [9.17, 15) is 4.79 Å². The third-order valence-electron chi connectivity index (χ3n) is 5.42. The second-order valence-corrected chi connectivity index (χ2v) is 6.81. The molecule has 1 amide bonds. The summed E-state index contributed by atoms with van der Waals surface area (Å²) in [7, 11) is 0. The highest BCUT2D eigenvalue weighted by atomic mass is 16.2. The van der Waals surface area contributed by atoms with E-state index < -0.39 is 0 Å². The molecule has 3 heterocycles. The van der Waals surface area contributed by atoms with Crippen molar-refractivity contribution in [2.24, 2.45) is 5.92 Å². The average Bonchev–Trinajstić information content (AvgIpc) is 2.92. The first-order chi connectivity index (χ1) is 10.6. The van der Waals surface area contributed by atoms with E-state index in [1.165, 1.54) is 6.42 Å². The third-order valence-corrected chi connectivity index (χ3v) is 5.42. The molecule has 2 atom stereocenters. The van der Waals surface area contributed by atoms with Gasteiger partial charge in [0.2, 0.25) is 0 Å². The van der Waals surface area contributed by atoms with Crippen molar-refractivity contribution in [1.29, 1.82) is 0 Å². The first-order valence-corrected chi connectivity index (χ1v) is 8.53. The summed E-state index contributed by atoms with van der Waals surface area (Å²) in [5.41, 5.74) is 1.46. The Morgan fingerprint density at radius 3 is 2.68 bits per heavy atom. The molecule has 0 spiro atoms. The molecule has 2 saturated heterocycles. The summed E-state index contributed by atoms with van der Waals surface area (Å²) in [5.74, 6) is 0.606. The first-order valence-electron chi connectivity index (χ1n) is 8.53. The van der Waals surface area contributed by atoms with Gasteiger partial charge in [0.05, 0.1) is 11.7 Å². The van der Waals surface area contributed by atoms with Gasteiger partial charge in [-0.2, -0.15) is 0 Å². The molecule has 122 valence electrons. The van der Waals surface area contributed by atoms with Crippen LogP contribution in [0, 0.1) is 12.8 Å². The maximum absolute atomic E-state index is 12.9. The van der Waals surface area contributed by atoms with E-state index in [0.29, 0.717) is 17.7 Å². The van der Waals surface area contributed by atoms with Crippen LogP contribution in [-0.4, -0.2) is 51.5 Å². The van der Waals surface area contributed by atoms with Gasteiger partial charge in [-0.25, -0.2) is 4.68 Å². The first kappa shape index (κ1) is 15.5. The molecule has 2 aliphatic rings. The number of piperidine rings is 2. The van der Waals surface area contributed by atoms with Gasteiger partial charge in [-0.3, -0.25) is 4.79 Å². The molecule has 0 aliphatic carbocycles. The average molecular weight is 305 g/mol. The molecule has 1 N–H and O–H groups in total. The van der Waals surface area contributed by atoms with Crippen molar-refractivity contribution in [1.82, 2.24) is 25.2 Å². The predicted molar refractivity (Wildman–Crippen MR) is 84.8 cm³/mol. The van der Waals surface area contributed by atoms with Crippen LogP contribution < -0.4 is 5.32 Å². The molecule has 1 aromatic rings. The number of nitrogens with one attached hydrogen (secondary N) is 1. The Morgan fingerprint density at radius 2 is 1.95 bits per heavy atom. The van der Waals surface area contributed by atoms with E-state index in [-0.39, 0.29) is 11.9 Å². The van der Waals surface area contributed by atoms with Crippen LogP contribution in [-0.2, 0) is 0 Å². The van der Waals surface area contributed by atoms with Gasteiger partial charge in [-0.05, 0) is 58.5 Å². The van der Waals surface area contributed by atoms with Crippen molar-refractivity contribution in [3.05, 3.63) is 11.4 Å². The number of carbonyl (C=O) groups excluding carboxylic acids is 1. The maximum Gasteiger partial charge on any atom is 0.276 e. The van der Waals surface area contributed by atoms with E-state index >= 15 is 0 Å². The van der Waals surface area contributed by atoms with Gasteiger partial charge in [0, 0.05) is 12.6 Å². The smallest absolute Gasteiger partial charge is 0.276 e. The fraction of sp³-hybridized carbons (Fsp3) is 0.812. The normalized spacial score (nSPS) is 27.1. The third kappa shape index (κ3) is 2.76. The van der Waals surface area contributed by atoms with Crippen LogP contribution in [0.4, 0.5) is 0 Å². The summed E-state index contributed by atoms with van der Waals surface area (Å²) in [6.45, 7) is 9.20. The van der Waals surface area contributed by atoms with Crippen LogP contribution in [0.1, 0.15) is 61.8 Å². The standard InChI is InChI=1S/C16H27N5O/c1-11-5-4-10-20(12(11)2)16(22)15-13(3)21(19-18-15)14-6-8-17-9-7-14/h11-12,14,17H,4-10H2,1-3H3. The zero-order chi connectivity index (χ0) is 15.7. The number of aromatic nitrogens is 3. The van der Waals surface area contributed by atoms with Gasteiger partial charge >= 0.3 is 0 Å². The molecule has 0 radical (unpaired) electrons. The number of likely N-dealkylation sites (tertiary alicyclic amines) is 1. The summed E-state index contributed by atoms with van der Waals surface area (Å²) in [6.07, 6.45) is 4.38. The van der Waals surface area contributed by atoms with E-state index in [0.717, 1.165) is 44.6 Å². The topological polar surface area (TPSA) is 63.1 Å². The number of hydrogen-bond acceptors (Lipinski definition) is 4. The Labute approximate surface area is 132 Å². The molecule has 0 aromatic carbocycles. The predicted octanol–water partition coefficient (Wildman–Crippen LogP) is 1.77. The van der Waals surface area contributed by atoms with E-state index in [1.807, 2.05) is 16.5 Å². The summed E-state index contributed by atoms with van der Waals surface area (Å²) < 4.78 is 1.96. The van der Waals surface area contributed by atoms with Crippen molar-refractivity contribution in [2.45, 2.75) is 58.5 Å². The van der Waals surface area contributed by atoms with Crippen LogP contribution >= 0.6 is 0 Å². The number of carbonyl (C=O) groups is 1. The van der Waals surface area contributed by atoms with Crippen molar-refractivity contribution in [3.8, 4) is 0 Å². The molecule has 2 aliphatic heterocycles. The summed E-state index contributed by atoms with van der Waals surface area (Å²) >= 11 is 0. The second-order valence-electron chi connectivity index (χ2n) is 6.81. The highest BCUT2D eigenvalue weighted by molar-refractivity contribution is 5.93. The molecule has 2 unspecified atom stereocenters. The van der Waals surface area contributed by atoms with Gasteiger partial charge in [-0.1, -0.05) is 12.1 Å². The zero-order valence-corrected chi connectivity index (χ0v) is 13.9. The lowest BCUT2D eigenvalue weighted by Gasteiger charge is -2.37. The van der Waals surface area contributed by atoms with Gasteiger partial charge in [-0.15, -0.1) is 5.10 Å². The molecule has 6 heteroatoms. The monoisotopic (exact) mass is 305 g/mol. The van der Waals surface area contributed by atoms with Crippen LogP contribution in [0.15, 0.2) is 0 Å². The van der Waals surface area contributed by atoms with Crippen molar-refractivity contribution in [3.63, 3.8) is 0 Å².